The molecule has 2 heterocycles. The van der Waals surface area contributed by atoms with Crippen LogP contribution in [0.2, 0.25) is 0 Å². The van der Waals surface area contributed by atoms with Gasteiger partial charge in [-0.1, -0.05) is 45.0 Å². The van der Waals surface area contributed by atoms with Crippen LogP contribution in [0.25, 0.3) is 10.4 Å². The van der Waals surface area contributed by atoms with Crippen molar-refractivity contribution in [3.05, 3.63) is 41.0 Å². The van der Waals surface area contributed by atoms with Crippen molar-refractivity contribution in [3.63, 3.8) is 0 Å². The van der Waals surface area contributed by atoms with Crippen LogP contribution in [-0.4, -0.2) is 76.2 Å². The molecule has 1 aromatic heterocycles. The fourth-order valence-corrected chi connectivity index (χ4v) is 5.75. The summed E-state index contributed by atoms with van der Waals surface area (Å²) < 4.78 is 19.3. The lowest BCUT2D eigenvalue weighted by atomic mass is 9.85. The molecule has 2 fully saturated rings. The van der Waals surface area contributed by atoms with Gasteiger partial charge in [-0.25, -0.2) is 9.37 Å². The number of aliphatic hydroxyl groups excluding tert-OH is 1. The van der Waals surface area contributed by atoms with Crippen molar-refractivity contribution in [2.45, 2.75) is 83.3 Å². The van der Waals surface area contributed by atoms with E-state index in [0.29, 0.717) is 5.56 Å². The Bertz CT molecular complexity index is 1300. The van der Waals surface area contributed by atoms with Crippen molar-refractivity contribution < 1.29 is 33.4 Å². The Labute approximate surface area is 242 Å². The van der Waals surface area contributed by atoms with Crippen LogP contribution >= 0.6 is 11.3 Å². The molecule has 0 radical (unpaired) electrons. The minimum Gasteiger partial charge on any atom is -0.469 e. The number of aromatic nitrogens is 1. The van der Waals surface area contributed by atoms with Crippen LogP contribution in [0.1, 0.15) is 63.8 Å². The second-order valence-electron chi connectivity index (χ2n) is 11.9. The van der Waals surface area contributed by atoms with E-state index in [9.17, 15) is 28.7 Å². The van der Waals surface area contributed by atoms with Crippen molar-refractivity contribution in [1.82, 2.24) is 20.5 Å². The maximum absolute atomic E-state index is 14.4. The van der Waals surface area contributed by atoms with E-state index in [2.05, 4.69) is 15.6 Å². The van der Waals surface area contributed by atoms with Gasteiger partial charge in [0.15, 0.2) is 5.67 Å². The summed E-state index contributed by atoms with van der Waals surface area (Å²) in [5, 5.41) is 15.9. The minimum atomic E-state index is -1.97. The van der Waals surface area contributed by atoms with Crippen molar-refractivity contribution in [2.24, 2.45) is 5.41 Å². The number of carbonyl (C=O) groups is 4. The number of β-amino-alcohol motifs (C(OH)–C–C–N with tert-alkyl or cyclic N) is 1. The summed E-state index contributed by atoms with van der Waals surface area (Å²) >= 11 is 1.51. The van der Waals surface area contributed by atoms with Crippen LogP contribution in [0.4, 0.5) is 4.39 Å². The Kier molecular flexibility index (Phi) is 8.84. The number of thiazole rings is 1. The maximum Gasteiger partial charge on any atom is 0.307 e. The predicted octanol–water partition coefficient (Wildman–Crippen LogP) is 2.83. The molecule has 3 amide bonds. The number of hydrogen-bond donors (Lipinski definition) is 3. The van der Waals surface area contributed by atoms with Gasteiger partial charge in [-0.3, -0.25) is 19.2 Å². The van der Waals surface area contributed by atoms with E-state index in [-0.39, 0.29) is 32.2 Å². The van der Waals surface area contributed by atoms with Crippen molar-refractivity contribution in [1.29, 1.82) is 0 Å². The lowest BCUT2D eigenvalue weighted by molar-refractivity contribution is -0.145. The largest absolute Gasteiger partial charge is 0.469 e. The van der Waals surface area contributed by atoms with E-state index in [1.807, 2.05) is 31.2 Å². The average molecular weight is 589 g/mol. The first kappa shape index (κ1) is 30.6. The molecule has 222 valence electrons. The fraction of sp³-hybridized carbons (Fsp3) is 0.552. The molecule has 4 rings (SSSR count). The molecule has 0 bridgehead atoms. The van der Waals surface area contributed by atoms with Gasteiger partial charge >= 0.3 is 5.97 Å². The predicted molar refractivity (Wildman–Crippen MR) is 150 cm³/mol. The molecule has 3 N–H and O–H groups in total. The van der Waals surface area contributed by atoms with E-state index < -0.39 is 59.0 Å². The molecule has 12 heteroatoms. The second kappa shape index (κ2) is 11.8. The van der Waals surface area contributed by atoms with E-state index in [1.165, 1.54) is 23.3 Å². The maximum atomic E-state index is 14.4. The first-order chi connectivity index (χ1) is 19.2. The Morgan fingerprint density at radius 1 is 1.20 bits per heavy atom. The number of nitrogens with one attached hydrogen (secondary N) is 2. The van der Waals surface area contributed by atoms with Crippen LogP contribution in [0.15, 0.2) is 29.8 Å². The number of aliphatic hydroxyl groups is 1. The molecular formula is C29H37FN4O6S. The number of likely N-dealkylation sites (tertiary alicyclic amines) is 1. The van der Waals surface area contributed by atoms with Gasteiger partial charge < -0.3 is 25.4 Å². The molecular weight excluding hydrogens is 551 g/mol. The topological polar surface area (TPSA) is 138 Å². The highest BCUT2D eigenvalue weighted by atomic mass is 32.1. The molecule has 1 saturated carbocycles. The summed E-state index contributed by atoms with van der Waals surface area (Å²) in [5.41, 5.74) is 1.50. The van der Waals surface area contributed by atoms with Crippen molar-refractivity contribution >= 4 is 35.0 Å². The molecule has 4 atom stereocenters. The number of ether oxygens (including phenoxy) is 1. The zero-order valence-electron chi connectivity index (χ0n) is 23.9. The highest BCUT2D eigenvalue weighted by Crippen LogP contribution is 2.40. The summed E-state index contributed by atoms with van der Waals surface area (Å²) in [6, 6.07) is 4.46. The monoisotopic (exact) mass is 588 g/mol. The fourth-order valence-electron chi connectivity index (χ4n) is 4.93. The number of hydrogen-bond acceptors (Lipinski definition) is 8. The number of benzene rings is 1. The molecule has 1 aromatic carbocycles. The normalized spacial score (nSPS) is 21.1. The van der Waals surface area contributed by atoms with Crippen LogP contribution in [0.3, 0.4) is 0 Å². The second-order valence-corrected chi connectivity index (χ2v) is 12.7. The highest BCUT2D eigenvalue weighted by molar-refractivity contribution is 7.13. The number of amides is 3. The third kappa shape index (κ3) is 6.92. The molecule has 0 spiro atoms. The molecule has 2 aliphatic rings. The molecule has 10 nitrogen and oxygen atoms in total. The lowest BCUT2D eigenvalue weighted by Gasteiger charge is -2.36. The summed E-state index contributed by atoms with van der Waals surface area (Å²) in [5.74, 6) is -2.52. The van der Waals surface area contributed by atoms with Crippen molar-refractivity contribution in [2.75, 3.05) is 13.7 Å². The first-order valence-electron chi connectivity index (χ1n) is 13.6. The van der Waals surface area contributed by atoms with Gasteiger partial charge in [0.05, 0.1) is 41.8 Å². The highest BCUT2D eigenvalue weighted by Gasteiger charge is 2.53. The minimum absolute atomic E-state index is 0.0238. The summed E-state index contributed by atoms with van der Waals surface area (Å²) in [6.45, 7) is 7.00. The zero-order chi connectivity index (χ0) is 30.1. The number of nitrogens with zero attached hydrogens (tertiary/aromatic N) is 2. The third-order valence-corrected chi connectivity index (χ3v) is 8.56. The van der Waals surface area contributed by atoms with E-state index in [4.69, 9.17) is 4.74 Å². The molecule has 1 aliphatic heterocycles. The average Bonchev–Trinajstić information content (AvgIpc) is 3.33. The van der Waals surface area contributed by atoms with Gasteiger partial charge in [0.1, 0.15) is 12.1 Å². The van der Waals surface area contributed by atoms with Gasteiger partial charge in [0, 0.05) is 13.0 Å². The first-order valence-corrected chi connectivity index (χ1v) is 14.5. The number of carbonyl (C=O) groups excluding carboxylic acids is 4. The summed E-state index contributed by atoms with van der Waals surface area (Å²) in [6.07, 6.45) is -0.941. The van der Waals surface area contributed by atoms with Gasteiger partial charge in [-0.05, 0) is 36.3 Å². The Balaban J connectivity index is 1.54. The molecule has 1 saturated heterocycles. The van der Waals surface area contributed by atoms with Crippen LogP contribution in [0, 0.1) is 12.3 Å². The van der Waals surface area contributed by atoms with Crippen LogP contribution in [-0.2, 0) is 23.9 Å². The van der Waals surface area contributed by atoms with Crippen LogP contribution in [0.5, 0.6) is 0 Å². The van der Waals surface area contributed by atoms with Crippen molar-refractivity contribution in [3.8, 4) is 10.4 Å². The number of aryl methyl sites for hydroxylation is 1. The third-order valence-electron chi connectivity index (χ3n) is 7.58. The van der Waals surface area contributed by atoms with Gasteiger partial charge in [-0.2, -0.15) is 0 Å². The Hall–Kier alpha value is -3.38. The van der Waals surface area contributed by atoms with Crippen LogP contribution < -0.4 is 10.6 Å². The number of rotatable bonds is 9. The van der Waals surface area contributed by atoms with Gasteiger partial charge in [-0.15, -0.1) is 11.3 Å². The standard InChI is InChI=1S/C29H37FN4O6S/c1-16-23(41-15-31-16)18-8-6-17(7-9-18)20(13-22(36)40-5)32-25(37)21-12-19(35)14-34(21)26(38)24(28(2,3)4)33-27(39)29(30)10-11-29/h6-9,15,19-21,24,35H,10-14H2,1-5H3,(H,32,37)(H,33,39)/t19-,20?,21+,24?/m1/s1. The number of halogens is 1. The Morgan fingerprint density at radius 2 is 1.85 bits per heavy atom. The van der Waals surface area contributed by atoms with E-state index in [0.717, 1.165) is 16.1 Å². The van der Waals surface area contributed by atoms with Gasteiger partial charge in [0.2, 0.25) is 11.8 Å². The van der Waals surface area contributed by atoms with E-state index in [1.54, 1.807) is 26.3 Å². The molecule has 41 heavy (non-hydrogen) atoms. The number of alkyl halides is 1. The Morgan fingerprint density at radius 3 is 2.39 bits per heavy atom. The molecule has 1 aliphatic carbocycles. The molecule has 2 aromatic rings. The summed E-state index contributed by atoms with van der Waals surface area (Å²) in [7, 11) is 1.26. The number of esters is 1. The number of methoxy groups -OCH3 is 1. The molecule has 2 unspecified atom stereocenters. The smallest absolute Gasteiger partial charge is 0.307 e. The lowest BCUT2D eigenvalue weighted by Crippen LogP contribution is -2.59. The SMILES string of the molecule is COC(=O)CC(NC(=O)[C@@H]1C[C@@H](O)CN1C(=O)C(NC(=O)C1(F)CC1)C(C)(C)C)c1ccc(-c2scnc2C)cc1. The quantitative estimate of drug-likeness (QED) is 0.383. The van der Waals surface area contributed by atoms with E-state index >= 15 is 0 Å². The zero-order valence-corrected chi connectivity index (χ0v) is 24.7. The summed E-state index contributed by atoms with van der Waals surface area (Å²) in [4.78, 5) is 58.6. The van der Waals surface area contributed by atoms with Gasteiger partial charge in [0.25, 0.3) is 5.91 Å².